The van der Waals surface area contributed by atoms with Crippen molar-refractivity contribution >= 4 is 5.97 Å². The molecule has 0 aliphatic heterocycles. The molecule has 0 atom stereocenters. The molecule has 0 spiro atoms. The fourth-order valence-electron chi connectivity index (χ4n) is 1.87. The summed E-state index contributed by atoms with van der Waals surface area (Å²) < 4.78 is 10.3. The summed E-state index contributed by atoms with van der Waals surface area (Å²) in [4.78, 5) is 11.7. The number of carbonyl (C=O) groups is 1. The zero-order chi connectivity index (χ0) is 15.7. The zero-order valence-corrected chi connectivity index (χ0v) is 13.6. The second-order valence-corrected chi connectivity index (χ2v) is 6.07. The van der Waals surface area contributed by atoms with Gasteiger partial charge in [-0.15, -0.1) is 0 Å². The summed E-state index contributed by atoms with van der Waals surface area (Å²) in [5, 5.41) is 3.30. The Hall–Kier alpha value is -1.39. The van der Waals surface area contributed by atoms with E-state index in [2.05, 4.69) is 29.6 Å². The van der Waals surface area contributed by atoms with Crippen molar-refractivity contribution in [1.82, 2.24) is 5.32 Å². The summed E-state index contributed by atoms with van der Waals surface area (Å²) in [5.74, 6) is -0.146. The third kappa shape index (κ3) is 8.48. The van der Waals surface area contributed by atoms with Crippen LogP contribution < -0.4 is 5.32 Å². The number of esters is 1. The first-order valence-electron chi connectivity index (χ1n) is 7.40. The van der Waals surface area contributed by atoms with Crippen molar-refractivity contribution in [2.24, 2.45) is 0 Å². The predicted molar refractivity (Wildman–Crippen MR) is 84.2 cm³/mol. The Kier molecular flexibility index (Phi) is 7.40. The minimum Gasteiger partial charge on any atom is -0.460 e. The van der Waals surface area contributed by atoms with E-state index in [1.807, 2.05) is 20.8 Å². The summed E-state index contributed by atoms with van der Waals surface area (Å²) in [6.07, 6.45) is 1.13. The average molecular weight is 293 g/mol. The molecule has 0 unspecified atom stereocenters. The van der Waals surface area contributed by atoms with Crippen LogP contribution in [0.4, 0.5) is 0 Å². The largest absolute Gasteiger partial charge is 0.460 e. The molecule has 0 aliphatic rings. The second kappa shape index (κ2) is 8.80. The highest BCUT2D eigenvalue weighted by Crippen LogP contribution is 2.11. The molecule has 0 bridgehead atoms. The van der Waals surface area contributed by atoms with Crippen molar-refractivity contribution < 1.29 is 14.3 Å². The Bertz CT molecular complexity index is 421. The van der Waals surface area contributed by atoms with Crippen LogP contribution >= 0.6 is 0 Å². The molecule has 1 N–H and O–H groups in total. The number of methoxy groups -OCH3 is 1. The molecule has 21 heavy (non-hydrogen) atoms. The average Bonchev–Trinajstić information content (AvgIpc) is 2.41. The van der Waals surface area contributed by atoms with E-state index in [0.29, 0.717) is 19.4 Å². The van der Waals surface area contributed by atoms with Crippen LogP contribution in [0.15, 0.2) is 24.3 Å². The van der Waals surface area contributed by atoms with Gasteiger partial charge in [0.05, 0.1) is 6.61 Å². The first kappa shape index (κ1) is 17.7. The molecule has 0 aliphatic carbocycles. The molecular formula is C17H27NO3. The molecule has 0 radical (unpaired) electrons. The summed E-state index contributed by atoms with van der Waals surface area (Å²) in [7, 11) is 1.70. The first-order valence-corrected chi connectivity index (χ1v) is 7.40. The van der Waals surface area contributed by atoms with Crippen LogP contribution in [-0.2, 0) is 27.2 Å². The van der Waals surface area contributed by atoms with Gasteiger partial charge in [0.1, 0.15) is 5.60 Å². The lowest BCUT2D eigenvalue weighted by molar-refractivity contribution is -0.154. The number of hydrogen-bond donors (Lipinski definition) is 1. The van der Waals surface area contributed by atoms with Gasteiger partial charge in [-0.2, -0.15) is 0 Å². The highest BCUT2D eigenvalue weighted by atomic mass is 16.6. The molecule has 0 saturated carbocycles. The fourth-order valence-corrected chi connectivity index (χ4v) is 1.87. The van der Waals surface area contributed by atoms with Crippen molar-refractivity contribution in [3.63, 3.8) is 0 Å². The van der Waals surface area contributed by atoms with Crippen LogP contribution in [0.1, 0.15) is 38.3 Å². The minimum atomic E-state index is -0.408. The molecule has 4 heteroatoms. The SMILES string of the molecule is COCCNCc1ccc(CCC(=O)OC(C)(C)C)cc1. The van der Waals surface area contributed by atoms with E-state index in [1.165, 1.54) is 5.56 Å². The molecule has 1 aromatic rings. The van der Waals surface area contributed by atoms with Crippen molar-refractivity contribution in [3.05, 3.63) is 35.4 Å². The molecule has 1 rings (SSSR count). The highest BCUT2D eigenvalue weighted by Gasteiger charge is 2.15. The van der Waals surface area contributed by atoms with Gasteiger partial charge in [0.2, 0.25) is 0 Å². The highest BCUT2D eigenvalue weighted by molar-refractivity contribution is 5.70. The Morgan fingerprint density at radius 1 is 1.14 bits per heavy atom. The maximum Gasteiger partial charge on any atom is 0.306 e. The third-order valence-corrected chi connectivity index (χ3v) is 2.87. The van der Waals surface area contributed by atoms with E-state index in [0.717, 1.165) is 18.7 Å². The number of carbonyl (C=O) groups excluding carboxylic acids is 1. The van der Waals surface area contributed by atoms with Gasteiger partial charge in [0.15, 0.2) is 0 Å². The van der Waals surface area contributed by atoms with Crippen molar-refractivity contribution in [1.29, 1.82) is 0 Å². The molecule has 0 saturated heterocycles. The van der Waals surface area contributed by atoms with Crippen molar-refractivity contribution in [3.8, 4) is 0 Å². The summed E-state index contributed by atoms with van der Waals surface area (Å²) in [6.45, 7) is 8.05. The lowest BCUT2D eigenvalue weighted by atomic mass is 10.1. The molecule has 0 aromatic heterocycles. The summed E-state index contributed by atoms with van der Waals surface area (Å²) in [6, 6.07) is 8.31. The van der Waals surface area contributed by atoms with Crippen molar-refractivity contribution in [2.75, 3.05) is 20.3 Å². The fraction of sp³-hybridized carbons (Fsp3) is 0.588. The molecule has 4 nitrogen and oxygen atoms in total. The van der Waals surface area contributed by atoms with Crippen LogP contribution in [0.3, 0.4) is 0 Å². The molecule has 0 amide bonds. The molecule has 1 aromatic carbocycles. The van der Waals surface area contributed by atoms with E-state index in [9.17, 15) is 4.79 Å². The smallest absolute Gasteiger partial charge is 0.306 e. The maximum atomic E-state index is 11.7. The number of rotatable bonds is 8. The van der Waals surface area contributed by atoms with E-state index in [1.54, 1.807) is 7.11 Å². The van der Waals surface area contributed by atoms with E-state index in [-0.39, 0.29) is 5.97 Å². The number of hydrogen-bond acceptors (Lipinski definition) is 4. The summed E-state index contributed by atoms with van der Waals surface area (Å²) >= 11 is 0. The Balaban J connectivity index is 2.32. The molecular weight excluding hydrogens is 266 g/mol. The van der Waals surface area contributed by atoms with Gasteiger partial charge in [-0.25, -0.2) is 0 Å². The number of nitrogens with one attached hydrogen (secondary N) is 1. The first-order chi connectivity index (χ1) is 9.90. The van der Waals surface area contributed by atoms with E-state index < -0.39 is 5.60 Å². The van der Waals surface area contributed by atoms with E-state index in [4.69, 9.17) is 9.47 Å². The quantitative estimate of drug-likeness (QED) is 0.591. The normalized spacial score (nSPS) is 11.4. The Labute approximate surface area is 127 Å². The maximum absolute atomic E-state index is 11.7. The number of ether oxygens (including phenoxy) is 2. The van der Waals surface area contributed by atoms with Crippen molar-refractivity contribution in [2.45, 2.75) is 45.8 Å². The van der Waals surface area contributed by atoms with E-state index >= 15 is 0 Å². The van der Waals surface area contributed by atoms with Gasteiger partial charge in [-0.05, 0) is 38.3 Å². The van der Waals surface area contributed by atoms with Gasteiger partial charge < -0.3 is 14.8 Å². The Morgan fingerprint density at radius 2 is 1.76 bits per heavy atom. The lowest BCUT2D eigenvalue weighted by Gasteiger charge is -2.19. The van der Waals surface area contributed by atoms with Gasteiger partial charge in [0, 0.05) is 26.6 Å². The van der Waals surface area contributed by atoms with Gasteiger partial charge >= 0.3 is 5.97 Å². The summed E-state index contributed by atoms with van der Waals surface area (Å²) in [5.41, 5.74) is 1.98. The molecule has 0 heterocycles. The second-order valence-electron chi connectivity index (χ2n) is 6.07. The number of benzene rings is 1. The molecule has 118 valence electrons. The van der Waals surface area contributed by atoms with Crippen LogP contribution in [0.5, 0.6) is 0 Å². The number of aryl methyl sites for hydroxylation is 1. The monoisotopic (exact) mass is 293 g/mol. The van der Waals surface area contributed by atoms with Crippen LogP contribution in [-0.4, -0.2) is 31.8 Å². The third-order valence-electron chi connectivity index (χ3n) is 2.87. The van der Waals surface area contributed by atoms with Crippen LogP contribution in [0, 0.1) is 0 Å². The topological polar surface area (TPSA) is 47.6 Å². The van der Waals surface area contributed by atoms with Gasteiger partial charge in [-0.3, -0.25) is 4.79 Å². The standard InChI is InChI=1S/C17H27NO3/c1-17(2,3)21-16(19)10-9-14-5-7-15(8-6-14)13-18-11-12-20-4/h5-8,18H,9-13H2,1-4H3. The lowest BCUT2D eigenvalue weighted by Crippen LogP contribution is -2.24. The Morgan fingerprint density at radius 3 is 2.33 bits per heavy atom. The minimum absolute atomic E-state index is 0.146. The van der Waals surface area contributed by atoms with Gasteiger partial charge in [-0.1, -0.05) is 24.3 Å². The van der Waals surface area contributed by atoms with Crippen LogP contribution in [0.2, 0.25) is 0 Å². The molecule has 0 fully saturated rings. The van der Waals surface area contributed by atoms with Gasteiger partial charge in [0.25, 0.3) is 0 Å². The predicted octanol–water partition coefficient (Wildman–Crippen LogP) is 2.70. The van der Waals surface area contributed by atoms with Crippen LogP contribution in [0.25, 0.3) is 0 Å². The zero-order valence-electron chi connectivity index (χ0n) is 13.6.